The van der Waals surface area contributed by atoms with Gasteiger partial charge in [-0.1, -0.05) is 123 Å². The number of hydrogen-bond acceptors (Lipinski definition) is 0. The highest BCUT2D eigenvalue weighted by Gasteiger charge is 2.18. The highest BCUT2D eigenvalue weighted by molar-refractivity contribution is 5.21. The van der Waals surface area contributed by atoms with Crippen LogP contribution >= 0.6 is 0 Å². The lowest BCUT2D eigenvalue weighted by molar-refractivity contribution is 0.251. The molecule has 0 aliphatic heterocycles. The third-order valence-electron chi connectivity index (χ3n) is 7.08. The van der Waals surface area contributed by atoms with E-state index in [1.807, 2.05) is 13.8 Å². The van der Waals surface area contributed by atoms with Gasteiger partial charge in [0.1, 0.15) is 0 Å². The molecule has 0 heterocycles. The van der Waals surface area contributed by atoms with Gasteiger partial charge in [0, 0.05) is 0 Å². The first kappa shape index (κ1) is 34.4. The molecule has 1 saturated carbocycles. The molecule has 2 rings (SSSR count). The monoisotopic (exact) mass is 466 g/mol. The highest BCUT2D eigenvalue weighted by atomic mass is 14.2. The fraction of sp³-hybridized carbons (Fsp3) is 0.647. The summed E-state index contributed by atoms with van der Waals surface area (Å²) >= 11 is 0. The summed E-state index contributed by atoms with van der Waals surface area (Å²) in [7, 11) is 0. The number of benzene rings is 1. The van der Waals surface area contributed by atoms with Gasteiger partial charge in [0.15, 0.2) is 0 Å². The van der Waals surface area contributed by atoms with Gasteiger partial charge in [-0.05, 0) is 80.3 Å². The Balaban J connectivity index is 0. The van der Waals surface area contributed by atoms with E-state index in [2.05, 4.69) is 103 Å². The van der Waals surface area contributed by atoms with Crippen LogP contribution in [0.25, 0.3) is 0 Å². The van der Waals surface area contributed by atoms with Crippen molar-refractivity contribution in [3.8, 4) is 12.8 Å². The summed E-state index contributed by atoms with van der Waals surface area (Å²) in [5.74, 6) is 3.44. The van der Waals surface area contributed by atoms with Crippen molar-refractivity contribution in [1.29, 1.82) is 0 Å². The summed E-state index contributed by atoms with van der Waals surface area (Å²) in [6.45, 7) is 17.8. The summed E-state index contributed by atoms with van der Waals surface area (Å²) in [4.78, 5) is 0. The SMILES string of the molecule is C#C.C/C=C\C(=C/CC)C1CCCCC1.CC.CCC(CCCc1ccccc1)C(C)C(C)C. The molecule has 0 heteroatoms. The van der Waals surface area contributed by atoms with Crippen molar-refractivity contribution in [2.24, 2.45) is 23.7 Å². The maximum Gasteiger partial charge on any atom is -0.0165 e. The Morgan fingerprint density at radius 1 is 0.971 bits per heavy atom. The van der Waals surface area contributed by atoms with Crippen LogP contribution in [0.5, 0.6) is 0 Å². The Labute approximate surface area is 215 Å². The zero-order chi connectivity index (χ0) is 26.2. The number of aryl methyl sites for hydroxylation is 1. The average Bonchev–Trinajstić information content (AvgIpc) is 2.90. The minimum Gasteiger partial charge on any atom is -0.124 e. The topological polar surface area (TPSA) is 0 Å². The van der Waals surface area contributed by atoms with E-state index >= 15 is 0 Å². The molecule has 1 aliphatic carbocycles. The molecule has 1 aromatic carbocycles. The van der Waals surface area contributed by atoms with Crippen molar-refractivity contribution in [2.75, 3.05) is 0 Å². The lowest BCUT2D eigenvalue weighted by Gasteiger charge is -2.26. The van der Waals surface area contributed by atoms with Gasteiger partial charge < -0.3 is 0 Å². The van der Waals surface area contributed by atoms with Gasteiger partial charge in [0.05, 0.1) is 0 Å². The minimum absolute atomic E-state index is 0.816. The molecule has 1 fully saturated rings. The van der Waals surface area contributed by atoms with E-state index in [-0.39, 0.29) is 0 Å². The third kappa shape index (κ3) is 16.0. The van der Waals surface area contributed by atoms with Crippen LogP contribution in [0.4, 0.5) is 0 Å². The Hall–Kier alpha value is -1.74. The molecule has 0 saturated heterocycles. The first-order valence-electron chi connectivity index (χ1n) is 14.2. The molecule has 0 aromatic heterocycles. The van der Waals surface area contributed by atoms with Crippen LogP contribution in [-0.2, 0) is 6.42 Å². The van der Waals surface area contributed by atoms with Crippen LogP contribution in [0.3, 0.4) is 0 Å². The van der Waals surface area contributed by atoms with Crippen LogP contribution < -0.4 is 0 Å². The molecule has 1 aliphatic rings. The van der Waals surface area contributed by atoms with E-state index in [0.29, 0.717) is 0 Å². The second-order valence-electron chi connectivity index (χ2n) is 9.60. The number of terminal acetylenes is 1. The molecule has 0 amide bonds. The fourth-order valence-electron chi connectivity index (χ4n) is 4.83. The van der Waals surface area contributed by atoms with Crippen molar-refractivity contribution in [1.82, 2.24) is 0 Å². The Morgan fingerprint density at radius 3 is 2.03 bits per heavy atom. The molecule has 1 aromatic rings. The average molecular weight is 467 g/mol. The lowest BCUT2D eigenvalue weighted by Crippen LogP contribution is -2.16. The van der Waals surface area contributed by atoms with Gasteiger partial charge in [-0.2, -0.15) is 0 Å². The normalized spacial score (nSPS) is 15.8. The minimum atomic E-state index is 0.816. The van der Waals surface area contributed by atoms with Gasteiger partial charge in [-0.3, -0.25) is 0 Å². The van der Waals surface area contributed by atoms with Crippen LogP contribution in [0, 0.1) is 36.5 Å². The highest BCUT2D eigenvalue weighted by Crippen LogP contribution is 2.30. The van der Waals surface area contributed by atoms with E-state index < -0.39 is 0 Å². The molecule has 0 bridgehead atoms. The van der Waals surface area contributed by atoms with Gasteiger partial charge in [0.2, 0.25) is 0 Å². The molecular formula is C34H58. The Kier molecular flexibility index (Phi) is 24.7. The first-order chi connectivity index (χ1) is 16.5. The van der Waals surface area contributed by atoms with Crippen LogP contribution in [0.1, 0.15) is 119 Å². The number of hydrogen-bond donors (Lipinski definition) is 0. The van der Waals surface area contributed by atoms with Crippen molar-refractivity contribution in [2.45, 2.75) is 120 Å². The van der Waals surface area contributed by atoms with Crippen molar-refractivity contribution < 1.29 is 0 Å². The zero-order valence-corrected chi connectivity index (χ0v) is 24.2. The molecule has 2 atom stereocenters. The van der Waals surface area contributed by atoms with Crippen LogP contribution in [0.2, 0.25) is 0 Å². The quantitative estimate of drug-likeness (QED) is 0.237. The summed E-state index contributed by atoms with van der Waals surface area (Å²) in [5.41, 5.74) is 3.07. The molecule has 0 N–H and O–H groups in total. The molecule has 194 valence electrons. The first-order valence-corrected chi connectivity index (χ1v) is 14.2. The van der Waals surface area contributed by atoms with Gasteiger partial charge in [-0.25, -0.2) is 0 Å². The predicted molar refractivity (Wildman–Crippen MR) is 158 cm³/mol. The van der Waals surface area contributed by atoms with Crippen molar-refractivity contribution >= 4 is 0 Å². The maximum absolute atomic E-state index is 4.00. The van der Waals surface area contributed by atoms with Crippen LogP contribution in [-0.4, -0.2) is 0 Å². The summed E-state index contributed by atoms with van der Waals surface area (Å²) in [5, 5.41) is 0. The fourth-order valence-corrected chi connectivity index (χ4v) is 4.83. The molecule has 34 heavy (non-hydrogen) atoms. The Morgan fingerprint density at radius 2 is 1.56 bits per heavy atom. The van der Waals surface area contributed by atoms with Gasteiger partial charge >= 0.3 is 0 Å². The van der Waals surface area contributed by atoms with E-state index in [1.165, 1.54) is 69.8 Å². The largest absolute Gasteiger partial charge is 0.124 e. The smallest absolute Gasteiger partial charge is 0.0165 e. The summed E-state index contributed by atoms with van der Waals surface area (Å²) < 4.78 is 0. The van der Waals surface area contributed by atoms with E-state index in [9.17, 15) is 0 Å². The van der Waals surface area contributed by atoms with Gasteiger partial charge in [0.25, 0.3) is 0 Å². The molecular weight excluding hydrogens is 408 g/mol. The maximum atomic E-state index is 4.00. The molecule has 0 spiro atoms. The summed E-state index contributed by atoms with van der Waals surface area (Å²) in [6, 6.07) is 10.9. The Bertz CT molecular complexity index is 610. The summed E-state index contributed by atoms with van der Waals surface area (Å²) in [6.07, 6.45) is 28.5. The number of rotatable bonds is 10. The third-order valence-corrected chi connectivity index (χ3v) is 7.08. The van der Waals surface area contributed by atoms with Gasteiger partial charge in [-0.15, -0.1) is 12.8 Å². The zero-order valence-electron chi connectivity index (χ0n) is 24.2. The lowest BCUT2D eigenvalue weighted by atomic mass is 9.80. The van der Waals surface area contributed by atoms with Crippen molar-refractivity contribution in [3.63, 3.8) is 0 Å². The molecule has 0 nitrogen and oxygen atoms in total. The predicted octanol–water partition coefficient (Wildman–Crippen LogP) is 11.1. The number of allylic oxidation sites excluding steroid dienone is 4. The van der Waals surface area contributed by atoms with E-state index in [4.69, 9.17) is 0 Å². The van der Waals surface area contributed by atoms with Crippen LogP contribution in [0.15, 0.2) is 54.1 Å². The standard InChI is InChI=1S/C17H28.C13H22.C2H6.C2H2/c1-5-17(15(4)14(2)3)13-9-12-16-10-7-6-8-11-16;1-3-8-12(9-4-2)13-10-6-5-7-11-13;2*1-2/h6-8,10-11,14-15,17H,5,9,12-13H2,1-4H3;3,8-9,13H,4-7,10-11H2,1-2H3;1-2H3;1-2H/b;8-3-,12-9+;;. The van der Waals surface area contributed by atoms with Crippen molar-refractivity contribution in [3.05, 3.63) is 59.7 Å². The second kappa shape index (κ2) is 24.4. The van der Waals surface area contributed by atoms with E-state index in [0.717, 1.165) is 23.7 Å². The second-order valence-corrected chi connectivity index (χ2v) is 9.60. The molecule has 0 radical (unpaired) electrons. The van der Waals surface area contributed by atoms with E-state index in [1.54, 1.807) is 5.57 Å². The molecule has 2 unspecified atom stereocenters.